The number of nitrogens with zero attached hydrogens (tertiary/aromatic N) is 2. The van der Waals surface area contributed by atoms with Crippen LogP contribution < -0.4 is 24.6 Å². The van der Waals surface area contributed by atoms with E-state index in [9.17, 15) is 14.7 Å². The van der Waals surface area contributed by atoms with Gasteiger partial charge in [0, 0.05) is 40.0 Å². The summed E-state index contributed by atoms with van der Waals surface area (Å²) in [5.41, 5.74) is 2.39. The fraction of sp³-hybridized carbons (Fsp3) is 0.217. The molecular weight excluding hydrogens is 742 g/mol. The smallest absolute Gasteiger partial charge is 0.246 e. The summed E-state index contributed by atoms with van der Waals surface area (Å²) in [6.07, 6.45) is 2.27. The first-order chi connectivity index (χ1) is 27.7. The van der Waals surface area contributed by atoms with Crippen LogP contribution in [-0.4, -0.2) is 43.0 Å². The molecular formula is C46H38ClN3O7. The van der Waals surface area contributed by atoms with Crippen LogP contribution in [0.15, 0.2) is 133 Å². The molecule has 0 aromatic heterocycles. The highest BCUT2D eigenvalue weighted by Gasteiger charge is 2.71. The van der Waals surface area contributed by atoms with Crippen molar-refractivity contribution in [1.29, 1.82) is 0 Å². The number of hydrogen-bond acceptors (Lipinski definition) is 8. The lowest BCUT2D eigenvalue weighted by atomic mass is 9.49. The molecule has 4 amide bonds. The summed E-state index contributed by atoms with van der Waals surface area (Å²) in [7, 11) is 2.94. The molecule has 286 valence electrons. The van der Waals surface area contributed by atoms with E-state index in [1.165, 1.54) is 30.1 Å². The number of benzene rings is 5. The molecule has 0 bridgehead atoms. The van der Waals surface area contributed by atoms with Gasteiger partial charge in [-0.15, -0.1) is 0 Å². The van der Waals surface area contributed by atoms with Crippen LogP contribution in [0, 0.1) is 23.7 Å². The lowest BCUT2D eigenvalue weighted by Gasteiger charge is -2.51. The van der Waals surface area contributed by atoms with E-state index in [1.54, 1.807) is 42.5 Å². The number of fused-ring (bicyclic) bond motifs is 4. The Bertz CT molecular complexity index is 2470. The molecule has 4 aliphatic rings. The van der Waals surface area contributed by atoms with Gasteiger partial charge >= 0.3 is 0 Å². The van der Waals surface area contributed by atoms with E-state index in [-0.39, 0.29) is 41.7 Å². The molecule has 2 heterocycles. The quantitative estimate of drug-likeness (QED) is 0.119. The van der Waals surface area contributed by atoms with Crippen LogP contribution in [0.1, 0.15) is 29.9 Å². The zero-order valence-corrected chi connectivity index (χ0v) is 31.9. The van der Waals surface area contributed by atoms with Crippen molar-refractivity contribution in [2.45, 2.75) is 24.2 Å². The van der Waals surface area contributed by atoms with Crippen LogP contribution in [0.4, 0.5) is 22.7 Å². The van der Waals surface area contributed by atoms with E-state index in [0.29, 0.717) is 33.3 Å². The number of methoxy groups -OCH3 is 2. The van der Waals surface area contributed by atoms with Gasteiger partial charge in [-0.1, -0.05) is 77.8 Å². The first-order valence-corrected chi connectivity index (χ1v) is 19.2. The molecule has 3 fully saturated rings. The Hall–Kier alpha value is -6.39. The number of hydrogen-bond donors (Lipinski definition) is 2. The molecule has 0 radical (unpaired) electrons. The fourth-order valence-electron chi connectivity index (χ4n) is 9.86. The predicted octanol–water partition coefficient (Wildman–Crippen LogP) is 8.17. The number of anilines is 4. The number of nitrogens with one attached hydrogen (secondary N) is 1. The Labute approximate surface area is 334 Å². The maximum absolute atomic E-state index is 15.6. The van der Waals surface area contributed by atoms with Crippen molar-refractivity contribution in [1.82, 2.24) is 0 Å². The summed E-state index contributed by atoms with van der Waals surface area (Å²) in [4.78, 5) is 62.2. The third-order valence-electron chi connectivity index (χ3n) is 12.2. The van der Waals surface area contributed by atoms with Gasteiger partial charge in [-0.3, -0.25) is 24.1 Å². The number of phenolic OH excluding ortho intramolecular Hbond substituents is 1. The summed E-state index contributed by atoms with van der Waals surface area (Å²) in [5, 5.41) is 15.6. The predicted molar refractivity (Wildman–Crippen MR) is 216 cm³/mol. The number of carbonyl (C=O) groups excluding carboxylic acids is 4. The van der Waals surface area contributed by atoms with Crippen molar-refractivity contribution in [3.05, 3.63) is 149 Å². The van der Waals surface area contributed by atoms with Gasteiger partial charge < -0.3 is 19.9 Å². The number of phenols is 1. The topological polar surface area (TPSA) is 125 Å². The van der Waals surface area contributed by atoms with Gasteiger partial charge in [-0.05, 0) is 78.9 Å². The Morgan fingerprint density at radius 3 is 2.11 bits per heavy atom. The minimum Gasteiger partial charge on any atom is -0.507 e. The molecule has 2 saturated heterocycles. The molecule has 2 aliphatic carbocycles. The van der Waals surface area contributed by atoms with Crippen LogP contribution in [0.25, 0.3) is 0 Å². The van der Waals surface area contributed by atoms with Crippen LogP contribution >= 0.6 is 11.6 Å². The number of allylic oxidation sites excluding steroid dienone is 2. The van der Waals surface area contributed by atoms with E-state index >= 15 is 9.59 Å². The molecule has 5 aromatic rings. The molecule has 0 spiro atoms. The first-order valence-electron chi connectivity index (χ1n) is 18.8. The summed E-state index contributed by atoms with van der Waals surface area (Å²) < 4.78 is 11.4. The fourth-order valence-corrected chi connectivity index (χ4v) is 10.0. The van der Waals surface area contributed by atoms with E-state index in [4.69, 9.17) is 21.1 Å². The average Bonchev–Trinajstić information content (AvgIpc) is 3.62. The summed E-state index contributed by atoms with van der Waals surface area (Å²) >= 11 is 6.44. The highest BCUT2D eigenvalue weighted by molar-refractivity contribution is 6.32. The second-order valence-corrected chi connectivity index (χ2v) is 15.3. The SMILES string of the molecule is COc1cc(O)c(C2C3=CCC4C(=O)N(c5ccc(Nc6ccccc6)cc5)C(=O)C4C3CC3C(=O)N(c4cccc(Cl)c4)C(=O)C32c2ccccc2)c(OC)c1. The average molecular weight is 780 g/mol. The number of aromatic hydroxyl groups is 1. The number of para-hydroxylation sites is 1. The van der Waals surface area contributed by atoms with Crippen LogP contribution in [0.5, 0.6) is 17.2 Å². The minimum atomic E-state index is -1.60. The van der Waals surface area contributed by atoms with Crippen LogP contribution in [-0.2, 0) is 24.6 Å². The van der Waals surface area contributed by atoms with Crippen molar-refractivity contribution in [2.75, 3.05) is 29.3 Å². The van der Waals surface area contributed by atoms with Crippen molar-refractivity contribution in [3.63, 3.8) is 0 Å². The minimum absolute atomic E-state index is 0.103. The molecule has 5 aromatic carbocycles. The summed E-state index contributed by atoms with van der Waals surface area (Å²) in [5.74, 6) is -5.43. The molecule has 1 saturated carbocycles. The Morgan fingerprint density at radius 2 is 1.42 bits per heavy atom. The number of imide groups is 2. The van der Waals surface area contributed by atoms with E-state index in [2.05, 4.69) is 5.32 Å². The van der Waals surface area contributed by atoms with E-state index < -0.39 is 46.8 Å². The van der Waals surface area contributed by atoms with E-state index in [1.807, 2.05) is 78.9 Å². The van der Waals surface area contributed by atoms with Gasteiger partial charge in [0.2, 0.25) is 23.6 Å². The highest BCUT2D eigenvalue weighted by Crippen LogP contribution is 2.66. The van der Waals surface area contributed by atoms with Crippen LogP contribution in [0.3, 0.4) is 0 Å². The standard InChI is InChI=1S/C46H38ClN3O7/c1-56-32-23-37(51)40(38(24-32)57-2)41-33-20-21-34-39(44(54)49(42(34)52)30-18-16-29(17-19-30)48-28-13-7-4-8-14-28)35(33)25-36-43(53)50(31-15-9-12-27(47)22-31)45(55)46(36,41)26-10-5-3-6-11-26/h3-20,22-24,34-36,39,41,48,51H,21,25H2,1-2H3. The van der Waals surface area contributed by atoms with Crippen LogP contribution in [0.2, 0.25) is 5.02 Å². The maximum Gasteiger partial charge on any atom is 0.246 e. The molecule has 11 heteroatoms. The van der Waals surface area contributed by atoms with Gasteiger partial charge in [-0.25, -0.2) is 4.90 Å². The molecule has 9 rings (SSSR count). The van der Waals surface area contributed by atoms with Gasteiger partial charge in [0.05, 0.1) is 48.8 Å². The van der Waals surface area contributed by atoms with Crippen molar-refractivity contribution in [3.8, 4) is 17.2 Å². The number of ether oxygens (including phenoxy) is 2. The monoisotopic (exact) mass is 779 g/mol. The first kappa shape index (κ1) is 36.3. The number of carbonyl (C=O) groups is 4. The molecule has 57 heavy (non-hydrogen) atoms. The second-order valence-electron chi connectivity index (χ2n) is 14.9. The van der Waals surface area contributed by atoms with Crippen molar-refractivity contribution in [2.24, 2.45) is 23.7 Å². The van der Waals surface area contributed by atoms with Crippen molar-refractivity contribution >= 4 is 58.0 Å². The Morgan fingerprint density at radius 1 is 0.719 bits per heavy atom. The lowest BCUT2D eigenvalue weighted by molar-refractivity contribution is -0.127. The number of halogens is 1. The van der Waals surface area contributed by atoms with Gasteiger partial charge in [-0.2, -0.15) is 0 Å². The molecule has 6 atom stereocenters. The zero-order chi connectivity index (χ0) is 39.6. The van der Waals surface area contributed by atoms with E-state index in [0.717, 1.165) is 11.4 Å². The number of amides is 4. The van der Waals surface area contributed by atoms with Gasteiger partial charge in [0.25, 0.3) is 0 Å². The summed E-state index contributed by atoms with van der Waals surface area (Å²) in [6.45, 7) is 0. The normalized spacial score (nSPS) is 25.1. The largest absolute Gasteiger partial charge is 0.507 e. The highest BCUT2D eigenvalue weighted by atomic mass is 35.5. The molecule has 6 unspecified atom stereocenters. The Balaban J connectivity index is 1.20. The maximum atomic E-state index is 15.6. The number of rotatable bonds is 8. The molecule has 2 N–H and O–H groups in total. The Kier molecular flexibility index (Phi) is 8.89. The lowest BCUT2D eigenvalue weighted by Crippen LogP contribution is -2.53. The molecule has 10 nitrogen and oxygen atoms in total. The third kappa shape index (κ3) is 5.53. The molecule has 2 aliphatic heterocycles. The van der Waals surface area contributed by atoms with Gasteiger partial charge in [0.1, 0.15) is 17.2 Å². The second kappa shape index (κ2) is 14.0. The summed E-state index contributed by atoms with van der Waals surface area (Å²) in [6, 6.07) is 35.6. The third-order valence-corrected chi connectivity index (χ3v) is 12.4. The van der Waals surface area contributed by atoms with Crippen molar-refractivity contribution < 1.29 is 33.8 Å². The van der Waals surface area contributed by atoms with Gasteiger partial charge in [0.15, 0.2) is 0 Å². The zero-order valence-electron chi connectivity index (χ0n) is 31.1.